The molecule has 10 nitrogen and oxygen atoms in total. The predicted molar refractivity (Wildman–Crippen MR) is 96.9 cm³/mol. The van der Waals surface area contributed by atoms with Gasteiger partial charge in [0.1, 0.15) is 23.6 Å². The van der Waals surface area contributed by atoms with E-state index in [1.807, 2.05) is 7.05 Å². The number of nitrogens with two attached hydrogens (primary N) is 2. The molecule has 0 aliphatic rings. The number of carbonyl (C=O) groups excluding carboxylic acids is 1. The summed E-state index contributed by atoms with van der Waals surface area (Å²) < 4.78 is 7.00. The Bertz CT molecular complexity index is 924. The molecule has 1 amide bonds. The Balaban J connectivity index is 1.90. The molecule has 0 aliphatic carbocycles. The van der Waals surface area contributed by atoms with Crippen molar-refractivity contribution >= 4 is 23.1 Å². The molecule has 3 aromatic rings. The number of nitrogens with one attached hydrogen (secondary N) is 2. The zero-order valence-corrected chi connectivity index (χ0v) is 14.3. The first-order valence-electron chi connectivity index (χ1n) is 7.99. The standard InChI is InChI=1S/C16H20N8O2/c1-19-6-10-7-21-15-13(14(18)23-24(15)9-10)16(25)22-11-8-20-4-2-12(11)26-5-3-17/h2,4,7-9,19H,3,5-6,17H2,1H3,(H2,18,23)(H,22,25). The minimum Gasteiger partial charge on any atom is -0.490 e. The minimum atomic E-state index is -0.447. The Labute approximate surface area is 149 Å². The number of hydrogen-bond acceptors (Lipinski definition) is 8. The molecule has 0 bridgehead atoms. The Hall–Kier alpha value is -3.24. The van der Waals surface area contributed by atoms with Gasteiger partial charge in [0.15, 0.2) is 11.5 Å². The molecule has 3 aromatic heterocycles. The average Bonchev–Trinajstić information content (AvgIpc) is 2.96. The lowest BCUT2D eigenvalue weighted by atomic mass is 10.2. The van der Waals surface area contributed by atoms with E-state index in [1.54, 1.807) is 24.7 Å². The maximum absolute atomic E-state index is 12.7. The third kappa shape index (κ3) is 3.55. The van der Waals surface area contributed by atoms with E-state index in [0.717, 1.165) is 5.56 Å². The predicted octanol–water partition coefficient (Wildman–Crippen LogP) is 0.0157. The summed E-state index contributed by atoms with van der Waals surface area (Å²) in [7, 11) is 1.83. The number of hydrogen-bond donors (Lipinski definition) is 4. The molecule has 136 valence electrons. The van der Waals surface area contributed by atoms with E-state index in [0.29, 0.717) is 36.8 Å². The van der Waals surface area contributed by atoms with Gasteiger partial charge in [0, 0.05) is 43.3 Å². The topological polar surface area (TPSA) is 145 Å². The molecule has 0 fully saturated rings. The highest BCUT2D eigenvalue weighted by molar-refractivity contribution is 6.11. The third-order valence-corrected chi connectivity index (χ3v) is 3.57. The third-order valence-electron chi connectivity index (χ3n) is 3.57. The maximum Gasteiger partial charge on any atom is 0.263 e. The highest BCUT2D eigenvalue weighted by Gasteiger charge is 2.20. The maximum atomic E-state index is 12.7. The van der Waals surface area contributed by atoms with Crippen molar-refractivity contribution in [2.24, 2.45) is 5.73 Å². The fourth-order valence-electron chi connectivity index (χ4n) is 2.46. The molecule has 3 rings (SSSR count). The molecule has 0 aliphatic heterocycles. The number of rotatable bonds is 7. The average molecular weight is 356 g/mol. The monoisotopic (exact) mass is 356 g/mol. The van der Waals surface area contributed by atoms with Crippen LogP contribution in [0.1, 0.15) is 15.9 Å². The van der Waals surface area contributed by atoms with Crippen LogP contribution in [0.2, 0.25) is 0 Å². The second-order valence-electron chi connectivity index (χ2n) is 5.48. The van der Waals surface area contributed by atoms with Crippen LogP contribution in [-0.2, 0) is 6.54 Å². The number of fused-ring (bicyclic) bond motifs is 1. The Morgan fingerprint density at radius 2 is 2.23 bits per heavy atom. The van der Waals surface area contributed by atoms with Gasteiger partial charge >= 0.3 is 0 Å². The molecule has 0 saturated carbocycles. The van der Waals surface area contributed by atoms with E-state index in [4.69, 9.17) is 16.2 Å². The fraction of sp³-hybridized carbons (Fsp3) is 0.250. The van der Waals surface area contributed by atoms with Crippen LogP contribution < -0.4 is 26.8 Å². The summed E-state index contributed by atoms with van der Waals surface area (Å²) in [5, 5.41) is 9.94. The van der Waals surface area contributed by atoms with Crippen molar-refractivity contribution in [2.45, 2.75) is 6.54 Å². The largest absolute Gasteiger partial charge is 0.490 e. The second kappa shape index (κ2) is 7.76. The van der Waals surface area contributed by atoms with Gasteiger partial charge in [-0.25, -0.2) is 9.50 Å². The van der Waals surface area contributed by atoms with Gasteiger partial charge in [-0.2, -0.15) is 0 Å². The highest BCUT2D eigenvalue weighted by atomic mass is 16.5. The molecule has 0 spiro atoms. The highest BCUT2D eigenvalue weighted by Crippen LogP contribution is 2.25. The van der Waals surface area contributed by atoms with Crippen LogP contribution in [0, 0.1) is 0 Å². The van der Waals surface area contributed by atoms with Crippen molar-refractivity contribution in [3.8, 4) is 5.75 Å². The molecular weight excluding hydrogens is 336 g/mol. The van der Waals surface area contributed by atoms with Crippen molar-refractivity contribution in [1.29, 1.82) is 0 Å². The molecule has 26 heavy (non-hydrogen) atoms. The van der Waals surface area contributed by atoms with Crippen molar-refractivity contribution in [3.63, 3.8) is 0 Å². The van der Waals surface area contributed by atoms with E-state index in [2.05, 4.69) is 25.7 Å². The van der Waals surface area contributed by atoms with Crippen LogP contribution in [0.4, 0.5) is 11.5 Å². The van der Waals surface area contributed by atoms with Gasteiger partial charge in [-0.1, -0.05) is 0 Å². The first kappa shape index (κ1) is 17.6. The van der Waals surface area contributed by atoms with Crippen LogP contribution in [-0.4, -0.2) is 45.7 Å². The molecule has 0 unspecified atom stereocenters. The Morgan fingerprint density at radius 3 is 3.00 bits per heavy atom. The molecule has 3 heterocycles. The number of ether oxygens (including phenoxy) is 1. The van der Waals surface area contributed by atoms with Crippen LogP contribution in [0.25, 0.3) is 5.65 Å². The van der Waals surface area contributed by atoms with Gasteiger partial charge in [-0.15, -0.1) is 5.10 Å². The SMILES string of the molecule is CNCc1cnc2c(C(=O)Nc3cnccc3OCCN)c(N)nn2c1. The fourth-order valence-corrected chi connectivity index (χ4v) is 2.46. The molecular formula is C16H20N8O2. The first-order valence-corrected chi connectivity index (χ1v) is 7.99. The Morgan fingerprint density at radius 1 is 1.38 bits per heavy atom. The van der Waals surface area contributed by atoms with Crippen molar-refractivity contribution < 1.29 is 9.53 Å². The van der Waals surface area contributed by atoms with Gasteiger partial charge in [-0.3, -0.25) is 9.78 Å². The van der Waals surface area contributed by atoms with Gasteiger partial charge in [0.05, 0.1) is 6.20 Å². The van der Waals surface area contributed by atoms with E-state index in [1.165, 1.54) is 10.7 Å². The normalized spacial score (nSPS) is 10.8. The number of amides is 1. The van der Waals surface area contributed by atoms with Crippen molar-refractivity contribution in [1.82, 2.24) is 24.9 Å². The summed E-state index contributed by atoms with van der Waals surface area (Å²) >= 11 is 0. The summed E-state index contributed by atoms with van der Waals surface area (Å²) in [6.07, 6.45) is 6.50. The summed E-state index contributed by atoms with van der Waals surface area (Å²) in [4.78, 5) is 21.1. The van der Waals surface area contributed by atoms with Crippen LogP contribution in [0.5, 0.6) is 5.75 Å². The summed E-state index contributed by atoms with van der Waals surface area (Å²) in [6, 6.07) is 1.65. The van der Waals surface area contributed by atoms with Crippen molar-refractivity contribution in [2.75, 3.05) is 31.2 Å². The number of aromatic nitrogens is 4. The number of nitrogen functional groups attached to an aromatic ring is 1. The zero-order valence-electron chi connectivity index (χ0n) is 14.3. The van der Waals surface area contributed by atoms with Crippen LogP contribution in [0.3, 0.4) is 0 Å². The molecule has 6 N–H and O–H groups in total. The number of nitrogens with zero attached hydrogens (tertiary/aromatic N) is 4. The second-order valence-corrected chi connectivity index (χ2v) is 5.48. The Kier molecular flexibility index (Phi) is 5.25. The molecule has 0 aromatic carbocycles. The smallest absolute Gasteiger partial charge is 0.263 e. The lowest BCUT2D eigenvalue weighted by Gasteiger charge is -2.11. The summed E-state index contributed by atoms with van der Waals surface area (Å²) in [6.45, 7) is 1.30. The lowest BCUT2D eigenvalue weighted by molar-refractivity contribution is 0.102. The summed E-state index contributed by atoms with van der Waals surface area (Å²) in [5.41, 5.74) is 13.3. The van der Waals surface area contributed by atoms with E-state index >= 15 is 0 Å². The van der Waals surface area contributed by atoms with Crippen LogP contribution in [0.15, 0.2) is 30.9 Å². The zero-order chi connectivity index (χ0) is 18.5. The quantitative estimate of drug-likeness (QED) is 0.463. The minimum absolute atomic E-state index is 0.0879. The molecule has 10 heteroatoms. The van der Waals surface area contributed by atoms with E-state index in [9.17, 15) is 4.79 Å². The van der Waals surface area contributed by atoms with E-state index in [-0.39, 0.29) is 11.4 Å². The van der Waals surface area contributed by atoms with Crippen molar-refractivity contribution in [3.05, 3.63) is 42.0 Å². The lowest BCUT2D eigenvalue weighted by Crippen LogP contribution is -2.16. The molecule has 0 saturated heterocycles. The summed E-state index contributed by atoms with van der Waals surface area (Å²) in [5.74, 6) is 0.111. The van der Waals surface area contributed by atoms with Crippen LogP contribution >= 0.6 is 0 Å². The number of pyridine rings is 1. The van der Waals surface area contributed by atoms with E-state index < -0.39 is 5.91 Å². The van der Waals surface area contributed by atoms with Gasteiger partial charge in [0.2, 0.25) is 0 Å². The molecule has 0 radical (unpaired) electrons. The van der Waals surface area contributed by atoms with Gasteiger partial charge in [0.25, 0.3) is 5.91 Å². The first-order chi connectivity index (χ1) is 12.6. The molecule has 0 atom stereocenters. The van der Waals surface area contributed by atoms with Gasteiger partial charge < -0.3 is 26.8 Å². The van der Waals surface area contributed by atoms with Gasteiger partial charge in [-0.05, 0) is 7.05 Å². The number of carbonyl (C=O) groups is 1. The number of anilines is 2.